The van der Waals surface area contributed by atoms with E-state index in [1.165, 1.54) is 18.6 Å². The second-order valence-electron chi connectivity index (χ2n) is 10.0. The first kappa shape index (κ1) is 28.2. The van der Waals surface area contributed by atoms with Crippen molar-refractivity contribution in [3.63, 3.8) is 0 Å². The maximum atomic E-state index is 13.5. The Bertz CT molecular complexity index is 1470. The molecule has 0 fully saturated rings. The van der Waals surface area contributed by atoms with Crippen LogP contribution in [-0.2, 0) is 16.6 Å². The first-order valence-corrected chi connectivity index (χ1v) is 12.2. The fourth-order valence-electron chi connectivity index (χ4n) is 3.96. The van der Waals surface area contributed by atoms with Gasteiger partial charge in [0.15, 0.2) is 0 Å². The predicted molar refractivity (Wildman–Crippen MR) is 149 cm³/mol. The molecule has 1 atom stereocenters. The Hall–Kier alpha value is -4.34. The zero-order chi connectivity index (χ0) is 28.2. The molecule has 0 radical (unpaired) electrons. The second-order valence-corrected chi connectivity index (χ2v) is 10.0. The molecule has 2 amide bonds. The van der Waals surface area contributed by atoms with Crippen molar-refractivity contribution in [3.05, 3.63) is 69.7 Å². The topological polar surface area (TPSA) is 119 Å². The fourth-order valence-corrected chi connectivity index (χ4v) is 3.96. The van der Waals surface area contributed by atoms with Crippen molar-refractivity contribution in [3.8, 4) is 0 Å². The molecule has 2 aromatic heterocycles. The summed E-state index contributed by atoms with van der Waals surface area (Å²) < 4.78 is 6.96. The summed E-state index contributed by atoms with van der Waals surface area (Å²) in [6, 6.07) is 5.24. The fraction of sp³-hybridized carbons (Fsp3) is 0.357. The first-order chi connectivity index (χ1) is 17.8. The van der Waals surface area contributed by atoms with Crippen LogP contribution in [0.5, 0.6) is 0 Å². The zero-order valence-corrected chi connectivity index (χ0v) is 23.1. The van der Waals surface area contributed by atoms with Crippen LogP contribution >= 0.6 is 0 Å². The maximum Gasteiger partial charge on any atom is 0.408 e. The van der Waals surface area contributed by atoms with Crippen molar-refractivity contribution in [2.24, 2.45) is 12.1 Å². The molecule has 3 rings (SSSR count). The molecule has 0 unspecified atom stereocenters. The zero-order valence-electron chi connectivity index (χ0n) is 23.1. The minimum atomic E-state index is -0.637. The van der Waals surface area contributed by atoms with Crippen molar-refractivity contribution >= 4 is 40.8 Å². The number of hydrogen-bond donors (Lipinski definition) is 1. The van der Waals surface area contributed by atoms with E-state index in [1.807, 2.05) is 39.0 Å². The standard InChI is InChI=1S/C28H34N6O4/c1-9-20(13-31-34(16-35)21-14-29-19(4)30-15-21)25-12-23-22(18(3)32-27(37)38-28(5,6)7)10-17(2)11-24(23)26(36)33(25)8/h9-16,18H,1-8H3,(H,32,37)/b20-9+,31-13-/t18-/m1/s1. The summed E-state index contributed by atoms with van der Waals surface area (Å²) in [5.41, 5.74) is 2.46. The molecule has 200 valence electrons. The number of fused-ring (bicyclic) bond motifs is 1. The van der Waals surface area contributed by atoms with E-state index in [-0.39, 0.29) is 5.56 Å². The number of ether oxygens (including phenoxy) is 1. The largest absolute Gasteiger partial charge is 0.444 e. The van der Waals surface area contributed by atoms with E-state index in [2.05, 4.69) is 20.4 Å². The molecular weight excluding hydrogens is 484 g/mol. The SMILES string of the molecule is C/C=C(\C=N/N(C=O)c1cnc(C)nc1)c1cc2c([C@@H](C)NC(=O)OC(C)(C)C)cc(C)cc2c(=O)n1C. The molecule has 10 heteroatoms. The molecule has 0 saturated carbocycles. The number of rotatable bonds is 7. The molecule has 0 saturated heterocycles. The average Bonchev–Trinajstić information content (AvgIpc) is 2.84. The third kappa shape index (κ3) is 6.50. The van der Waals surface area contributed by atoms with Gasteiger partial charge in [0.05, 0.1) is 30.3 Å². The molecule has 0 bridgehead atoms. The summed E-state index contributed by atoms with van der Waals surface area (Å²) in [7, 11) is 1.68. The molecule has 1 N–H and O–H groups in total. The van der Waals surface area contributed by atoms with Crippen LogP contribution in [-0.4, -0.2) is 38.9 Å². The van der Waals surface area contributed by atoms with Crippen LogP contribution in [0.25, 0.3) is 16.3 Å². The van der Waals surface area contributed by atoms with Gasteiger partial charge in [-0.05, 0) is 77.1 Å². The van der Waals surface area contributed by atoms with E-state index in [0.29, 0.717) is 40.0 Å². The van der Waals surface area contributed by atoms with Gasteiger partial charge in [0.2, 0.25) is 6.41 Å². The molecule has 10 nitrogen and oxygen atoms in total. The number of nitrogens with zero attached hydrogens (tertiary/aromatic N) is 5. The monoisotopic (exact) mass is 518 g/mol. The van der Waals surface area contributed by atoms with Crippen LogP contribution in [0.3, 0.4) is 0 Å². The summed E-state index contributed by atoms with van der Waals surface area (Å²) in [5, 5.41) is 9.50. The summed E-state index contributed by atoms with van der Waals surface area (Å²) in [6.07, 6.45) is 6.33. The molecule has 1 aromatic carbocycles. The van der Waals surface area contributed by atoms with Crippen LogP contribution in [0.15, 0.2) is 46.6 Å². The Kier molecular flexibility index (Phi) is 8.45. The first-order valence-electron chi connectivity index (χ1n) is 12.2. The van der Waals surface area contributed by atoms with Gasteiger partial charge in [0.1, 0.15) is 17.1 Å². The van der Waals surface area contributed by atoms with E-state index in [0.717, 1.165) is 16.1 Å². The second kappa shape index (κ2) is 11.4. The van der Waals surface area contributed by atoms with Gasteiger partial charge in [-0.15, -0.1) is 0 Å². The Balaban J connectivity index is 2.07. The maximum absolute atomic E-state index is 13.5. The summed E-state index contributed by atoms with van der Waals surface area (Å²) in [4.78, 5) is 45.8. The van der Waals surface area contributed by atoms with Gasteiger partial charge in [-0.1, -0.05) is 12.1 Å². The van der Waals surface area contributed by atoms with E-state index < -0.39 is 17.7 Å². The highest BCUT2D eigenvalue weighted by Gasteiger charge is 2.21. The van der Waals surface area contributed by atoms with Gasteiger partial charge in [-0.3, -0.25) is 9.59 Å². The molecule has 0 aliphatic heterocycles. The van der Waals surface area contributed by atoms with Crippen LogP contribution in [0.1, 0.15) is 63.3 Å². The van der Waals surface area contributed by atoms with E-state index >= 15 is 0 Å². The van der Waals surface area contributed by atoms with Crippen molar-refractivity contribution in [2.75, 3.05) is 5.01 Å². The van der Waals surface area contributed by atoms with Gasteiger partial charge in [-0.2, -0.15) is 5.10 Å². The third-order valence-electron chi connectivity index (χ3n) is 5.79. The highest BCUT2D eigenvalue weighted by molar-refractivity contribution is 6.10. The Labute approximate surface area is 222 Å². The molecule has 0 spiro atoms. The van der Waals surface area contributed by atoms with Gasteiger partial charge in [-0.25, -0.2) is 19.8 Å². The number of carbonyl (C=O) groups is 2. The highest BCUT2D eigenvalue weighted by Crippen LogP contribution is 2.27. The average molecular weight is 519 g/mol. The molecule has 38 heavy (non-hydrogen) atoms. The Morgan fingerprint density at radius 3 is 2.39 bits per heavy atom. The van der Waals surface area contributed by atoms with Gasteiger partial charge in [0.25, 0.3) is 5.56 Å². The summed E-state index contributed by atoms with van der Waals surface area (Å²) in [6.45, 7) is 12.7. The van der Waals surface area contributed by atoms with Crippen molar-refractivity contribution in [1.29, 1.82) is 0 Å². The molecular formula is C28H34N6O4. The number of anilines is 1. The lowest BCUT2D eigenvalue weighted by Gasteiger charge is -2.23. The molecule has 2 heterocycles. The number of alkyl carbamates (subject to hydrolysis) is 1. The van der Waals surface area contributed by atoms with Gasteiger partial charge >= 0.3 is 6.09 Å². The van der Waals surface area contributed by atoms with Crippen molar-refractivity contribution < 1.29 is 14.3 Å². The minimum absolute atomic E-state index is 0.196. The summed E-state index contributed by atoms with van der Waals surface area (Å²) >= 11 is 0. The molecule has 0 aliphatic rings. The number of hydrazone groups is 1. The van der Waals surface area contributed by atoms with E-state index in [1.54, 1.807) is 45.4 Å². The van der Waals surface area contributed by atoms with Gasteiger partial charge < -0.3 is 14.6 Å². The predicted octanol–water partition coefficient (Wildman–Crippen LogP) is 4.58. The van der Waals surface area contributed by atoms with Crippen LogP contribution in [0, 0.1) is 13.8 Å². The minimum Gasteiger partial charge on any atom is -0.444 e. The van der Waals surface area contributed by atoms with E-state index in [4.69, 9.17) is 4.74 Å². The van der Waals surface area contributed by atoms with E-state index in [9.17, 15) is 14.4 Å². The normalized spacial score (nSPS) is 13.0. The number of amides is 2. The van der Waals surface area contributed by atoms with Crippen LogP contribution in [0.4, 0.5) is 10.5 Å². The number of allylic oxidation sites excluding steroid dienone is 2. The number of aryl methyl sites for hydroxylation is 2. The summed E-state index contributed by atoms with van der Waals surface area (Å²) in [5.74, 6) is 0.574. The Morgan fingerprint density at radius 2 is 1.82 bits per heavy atom. The number of nitrogens with one attached hydrogen (secondary N) is 1. The molecule has 3 aromatic rings. The lowest BCUT2D eigenvalue weighted by Crippen LogP contribution is -2.34. The van der Waals surface area contributed by atoms with Crippen molar-refractivity contribution in [1.82, 2.24) is 19.9 Å². The van der Waals surface area contributed by atoms with Gasteiger partial charge in [0, 0.05) is 18.0 Å². The number of benzene rings is 1. The third-order valence-corrected chi connectivity index (χ3v) is 5.79. The van der Waals surface area contributed by atoms with Crippen LogP contribution < -0.4 is 15.9 Å². The Morgan fingerprint density at radius 1 is 1.16 bits per heavy atom. The quantitative estimate of drug-likeness (QED) is 0.278. The number of pyridine rings is 1. The number of hydrogen-bond acceptors (Lipinski definition) is 7. The van der Waals surface area contributed by atoms with Crippen molar-refractivity contribution in [2.45, 2.75) is 60.1 Å². The highest BCUT2D eigenvalue weighted by atomic mass is 16.6. The van der Waals surface area contributed by atoms with Crippen LogP contribution in [0.2, 0.25) is 0 Å². The number of carbonyl (C=O) groups excluding carboxylic acids is 2. The molecule has 0 aliphatic carbocycles. The lowest BCUT2D eigenvalue weighted by molar-refractivity contribution is -0.107. The smallest absolute Gasteiger partial charge is 0.408 e. The lowest BCUT2D eigenvalue weighted by atomic mass is 9.96. The number of aromatic nitrogens is 3.